The average Bonchev–Trinajstić information content (AvgIpc) is 2.30. The minimum atomic E-state index is 0.118. The molecule has 0 amide bonds. The smallest absolute Gasteiger partial charge is 0.133 e. The Morgan fingerprint density at radius 2 is 1.62 bits per heavy atom. The van der Waals surface area contributed by atoms with Crippen LogP contribution in [0.5, 0.6) is 0 Å². The van der Waals surface area contributed by atoms with Gasteiger partial charge in [-0.1, -0.05) is 0 Å². The van der Waals surface area contributed by atoms with Crippen LogP contribution in [0.2, 0.25) is 0 Å². The van der Waals surface area contributed by atoms with E-state index in [1.165, 1.54) is 0 Å². The third-order valence-corrected chi connectivity index (χ3v) is 2.42. The Morgan fingerprint density at radius 3 is 1.94 bits per heavy atom. The second-order valence-electron chi connectivity index (χ2n) is 3.28. The lowest BCUT2D eigenvalue weighted by Crippen LogP contribution is -2.12. The monoisotopic (exact) mass is 216 g/mol. The van der Waals surface area contributed by atoms with Crippen LogP contribution < -0.4 is 5.32 Å². The highest BCUT2D eigenvalue weighted by molar-refractivity contribution is 6.03. The van der Waals surface area contributed by atoms with Gasteiger partial charge < -0.3 is 5.32 Å². The van der Waals surface area contributed by atoms with Crippen molar-refractivity contribution in [3.63, 3.8) is 0 Å². The third-order valence-electron chi connectivity index (χ3n) is 2.42. The molecule has 0 spiro atoms. The lowest BCUT2D eigenvalue weighted by atomic mass is 9.97. The summed E-state index contributed by atoms with van der Waals surface area (Å²) >= 11 is 0. The van der Waals surface area contributed by atoms with Gasteiger partial charge in [-0.3, -0.25) is 4.99 Å². The minimum Gasteiger partial charge on any atom is -0.391 e. The molecule has 0 atom stereocenters. The second kappa shape index (κ2) is 6.42. The number of aliphatic imine (C=N–C) groups is 1. The van der Waals surface area contributed by atoms with Crippen LogP contribution in [0.25, 0.3) is 0 Å². The molecule has 0 radical (unpaired) electrons. The summed E-state index contributed by atoms with van der Waals surface area (Å²) < 4.78 is 0. The van der Waals surface area contributed by atoms with Crippen molar-refractivity contribution in [1.29, 1.82) is 10.5 Å². The molecule has 0 aliphatic carbocycles. The van der Waals surface area contributed by atoms with Crippen LogP contribution >= 0.6 is 0 Å². The van der Waals surface area contributed by atoms with Gasteiger partial charge in [0.05, 0.1) is 0 Å². The number of nitriles is 2. The first-order chi connectivity index (χ1) is 7.53. The van der Waals surface area contributed by atoms with Gasteiger partial charge in [-0.2, -0.15) is 10.5 Å². The third kappa shape index (κ3) is 2.96. The van der Waals surface area contributed by atoms with E-state index in [9.17, 15) is 0 Å². The van der Waals surface area contributed by atoms with Crippen LogP contribution in [0, 0.1) is 22.7 Å². The van der Waals surface area contributed by atoms with Gasteiger partial charge in [-0.25, -0.2) is 0 Å². The van der Waals surface area contributed by atoms with Crippen LogP contribution in [0.3, 0.4) is 0 Å². The molecule has 0 heterocycles. The van der Waals surface area contributed by atoms with Gasteiger partial charge in [0.15, 0.2) is 0 Å². The van der Waals surface area contributed by atoms with Crippen LogP contribution in [0.15, 0.2) is 27.4 Å². The molecule has 0 rings (SSSR count). The SMILES string of the molecule is CN=C(C)/C(C(C)=C(C#N)C#N)=C(/C)NC. The van der Waals surface area contributed by atoms with Crippen LogP contribution in [0.1, 0.15) is 20.8 Å². The number of allylic oxidation sites excluding steroid dienone is 4. The Labute approximate surface area is 96.6 Å². The Kier molecular flexibility index (Phi) is 5.59. The van der Waals surface area contributed by atoms with Gasteiger partial charge >= 0.3 is 0 Å². The lowest BCUT2D eigenvalue weighted by molar-refractivity contribution is 0.974. The fraction of sp³-hybridized carbons (Fsp3) is 0.417. The number of rotatable bonds is 3. The lowest BCUT2D eigenvalue weighted by Gasteiger charge is -2.12. The predicted molar refractivity (Wildman–Crippen MR) is 64.7 cm³/mol. The summed E-state index contributed by atoms with van der Waals surface area (Å²) in [5, 5.41) is 20.7. The van der Waals surface area contributed by atoms with Gasteiger partial charge in [0.1, 0.15) is 17.7 Å². The number of hydrogen-bond acceptors (Lipinski definition) is 4. The zero-order valence-corrected chi connectivity index (χ0v) is 10.3. The summed E-state index contributed by atoms with van der Waals surface area (Å²) in [5.41, 5.74) is 3.28. The van der Waals surface area contributed by atoms with Crippen molar-refractivity contribution in [3.8, 4) is 12.1 Å². The fourth-order valence-corrected chi connectivity index (χ4v) is 1.38. The second-order valence-corrected chi connectivity index (χ2v) is 3.28. The minimum absolute atomic E-state index is 0.118. The molecular weight excluding hydrogens is 200 g/mol. The van der Waals surface area contributed by atoms with E-state index in [4.69, 9.17) is 10.5 Å². The van der Waals surface area contributed by atoms with Crippen molar-refractivity contribution < 1.29 is 0 Å². The van der Waals surface area contributed by atoms with Crippen molar-refractivity contribution >= 4 is 5.71 Å². The van der Waals surface area contributed by atoms with Gasteiger partial charge in [-0.15, -0.1) is 0 Å². The first kappa shape index (κ1) is 13.9. The van der Waals surface area contributed by atoms with Crippen LogP contribution in [-0.4, -0.2) is 19.8 Å². The molecule has 0 saturated heterocycles. The summed E-state index contributed by atoms with van der Waals surface area (Å²) in [6.07, 6.45) is 0. The van der Waals surface area contributed by atoms with E-state index in [1.807, 2.05) is 26.0 Å². The van der Waals surface area contributed by atoms with Gasteiger partial charge in [0, 0.05) is 31.1 Å². The highest BCUT2D eigenvalue weighted by Crippen LogP contribution is 2.18. The quantitative estimate of drug-likeness (QED) is 0.445. The molecule has 16 heavy (non-hydrogen) atoms. The average molecular weight is 216 g/mol. The maximum absolute atomic E-state index is 8.84. The molecule has 0 saturated carbocycles. The zero-order chi connectivity index (χ0) is 12.7. The van der Waals surface area contributed by atoms with Crippen molar-refractivity contribution in [1.82, 2.24) is 5.32 Å². The van der Waals surface area contributed by atoms with E-state index >= 15 is 0 Å². The summed E-state index contributed by atoms with van der Waals surface area (Å²) in [4.78, 5) is 4.10. The Morgan fingerprint density at radius 1 is 1.12 bits per heavy atom. The van der Waals surface area contributed by atoms with Gasteiger partial charge in [0.25, 0.3) is 0 Å². The van der Waals surface area contributed by atoms with Gasteiger partial charge in [0.2, 0.25) is 0 Å². The Balaban J connectivity index is 5.90. The molecule has 0 unspecified atom stereocenters. The first-order valence-corrected chi connectivity index (χ1v) is 4.87. The van der Waals surface area contributed by atoms with E-state index < -0.39 is 0 Å². The molecule has 0 aromatic heterocycles. The number of hydrogen-bond donors (Lipinski definition) is 1. The Bertz CT molecular complexity index is 423. The van der Waals surface area contributed by atoms with E-state index in [0.717, 1.165) is 17.0 Å². The maximum atomic E-state index is 8.84. The predicted octanol–water partition coefficient (Wildman–Crippen LogP) is 1.93. The molecule has 0 aliphatic heterocycles. The Hall–Kier alpha value is -2.07. The largest absolute Gasteiger partial charge is 0.391 e. The summed E-state index contributed by atoms with van der Waals surface area (Å²) in [7, 11) is 3.48. The molecule has 0 aromatic rings. The van der Waals surface area contributed by atoms with Crippen LogP contribution in [0.4, 0.5) is 0 Å². The highest BCUT2D eigenvalue weighted by Gasteiger charge is 2.12. The number of nitrogens with one attached hydrogen (secondary N) is 1. The van der Waals surface area contributed by atoms with E-state index in [1.54, 1.807) is 21.0 Å². The zero-order valence-electron chi connectivity index (χ0n) is 10.3. The molecule has 0 aromatic carbocycles. The molecule has 4 heteroatoms. The van der Waals surface area contributed by atoms with Crippen molar-refractivity contribution in [2.75, 3.05) is 14.1 Å². The summed E-state index contributed by atoms with van der Waals surface area (Å²) in [6, 6.07) is 3.78. The molecule has 1 N–H and O–H groups in total. The molecule has 84 valence electrons. The highest BCUT2D eigenvalue weighted by atomic mass is 14.8. The molecular formula is C12H16N4. The standard InChI is InChI=1S/C12H16N4/c1-8(11(6-13)7-14)12(9(2)15-4)10(3)16-5/h15H,1-5H3/b12-9-,16-10?. The van der Waals surface area contributed by atoms with E-state index in [2.05, 4.69) is 10.3 Å². The van der Waals surface area contributed by atoms with Crippen molar-refractivity contribution in [3.05, 3.63) is 22.4 Å². The molecule has 0 bridgehead atoms. The topological polar surface area (TPSA) is 72.0 Å². The van der Waals surface area contributed by atoms with Crippen molar-refractivity contribution in [2.45, 2.75) is 20.8 Å². The van der Waals surface area contributed by atoms with E-state index in [0.29, 0.717) is 5.57 Å². The van der Waals surface area contributed by atoms with Crippen LogP contribution in [-0.2, 0) is 0 Å². The summed E-state index contributed by atoms with van der Waals surface area (Å²) in [5.74, 6) is 0. The molecule has 4 nitrogen and oxygen atoms in total. The maximum Gasteiger partial charge on any atom is 0.133 e. The summed E-state index contributed by atoms with van der Waals surface area (Å²) in [6.45, 7) is 5.50. The molecule has 0 aliphatic rings. The van der Waals surface area contributed by atoms with Gasteiger partial charge in [-0.05, 0) is 26.3 Å². The normalized spacial score (nSPS) is 12.1. The van der Waals surface area contributed by atoms with E-state index in [-0.39, 0.29) is 5.57 Å². The van der Waals surface area contributed by atoms with Crippen molar-refractivity contribution in [2.24, 2.45) is 4.99 Å². The number of nitrogens with zero attached hydrogens (tertiary/aromatic N) is 3. The first-order valence-electron chi connectivity index (χ1n) is 4.87. The fourth-order valence-electron chi connectivity index (χ4n) is 1.38. The molecule has 0 fully saturated rings.